The molecular formula is C21H40O6. The second kappa shape index (κ2) is 17.0. The number of rotatable bonds is 20. The van der Waals surface area contributed by atoms with Crippen LogP contribution in [-0.4, -0.2) is 48.6 Å². The zero-order chi connectivity index (χ0) is 20.4. The van der Waals surface area contributed by atoms with Gasteiger partial charge < -0.3 is 19.7 Å². The van der Waals surface area contributed by atoms with Crippen molar-refractivity contribution in [3.63, 3.8) is 0 Å². The molecule has 0 saturated carbocycles. The number of hydrogen-bond acceptors (Lipinski definition) is 4. The van der Waals surface area contributed by atoms with E-state index >= 15 is 0 Å². The highest BCUT2D eigenvalue weighted by Crippen LogP contribution is 2.33. The van der Waals surface area contributed by atoms with E-state index < -0.39 is 17.4 Å². The summed E-state index contributed by atoms with van der Waals surface area (Å²) in [7, 11) is 0. The van der Waals surface area contributed by atoms with Gasteiger partial charge in [-0.15, -0.1) is 0 Å². The Morgan fingerprint density at radius 2 is 1.19 bits per heavy atom. The fourth-order valence-corrected chi connectivity index (χ4v) is 3.04. The number of carboxylic acids is 2. The topological polar surface area (TPSA) is 93.1 Å². The van der Waals surface area contributed by atoms with Gasteiger partial charge >= 0.3 is 11.9 Å². The van der Waals surface area contributed by atoms with Crippen LogP contribution < -0.4 is 0 Å². The van der Waals surface area contributed by atoms with Gasteiger partial charge in [-0.2, -0.15) is 0 Å². The Kier molecular flexibility index (Phi) is 16.3. The molecule has 0 aliphatic heterocycles. The van der Waals surface area contributed by atoms with Crippen molar-refractivity contribution < 1.29 is 29.3 Å². The highest BCUT2D eigenvalue weighted by molar-refractivity contribution is 5.76. The molecule has 2 N–H and O–H groups in total. The van der Waals surface area contributed by atoms with Gasteiger partial charge in [0.25, 0.3) is 0 Å². The molecule has 0 unspecified atom stereocenters. The Bertz CT molecular complexity index is 365. The number of unbranched alkanes of at least 4 members (excludes halogenated alkanes) is 6. The molecule has 0 aliphatic rings. The van der Waals surface area contributed by atoms with E-state index in [-0.39, 0.29) is 12.8 Å². The van der Waals surface area contributed by atoms with Gasteiger partial charge in [0.1, 0.15) is 0 Å². The van der Waals surface area contributed by atoms with E-state index in [1.54, 1.807) is 0 Å². The first-order valence-electron chi connectivity index (χ1n) is 10.6. The fraction of sp³-hybridized carbons (Fsp3) is 0.905. The second-order valence-corrected chi connectivity index (χ2v) is 7.33. The van der Waals surface area contributed by atoms with E-state index in [2.05, 4.69) is 13.8 Å². The number of aliphatic carboxylic acids is 2. The molecule has 0 saturated heterocycles. The summed E-state index contributed by atoms with van der Waals surface area (Å²) in [5.74, 6) is -1.92. The van der Waals surface area contributed by atoms with Gasteiger partial charge in [0.15, 0.2) is 0 Å². The third kappa shape index (κ3) is 13.6. The van der Waals surface area contributed by atoms with Gasteiger partial charge in [0, 0.05) is 32.8 Å². The van der Waals surface area contributed by atoms with E-state index in [1.807, 2.05) is 0 Å². The highest BCUT2D eigenvalue weighted by Gasteiger charge is 2.38. The van der Waals surface area contributed by atoms with Crippen LogP contribution in [0.5, 0.6) is 0 Å². The average Bonchev–Trinajstić information content (AvgIpc) is 2.63. The maximum absolute atomic E-state index is 11.9. The van der Waals surface area contributed by atoms with E-state index in [9.17, 15) is 14.7 Å². The molecule has 160 valence electrons. The summed E-state index contributed by atoms with van der Waals surface area (Å²) in [5, 5.41) is 18.8. The minimum Gasteiger partial charge on any atom is -0.481 e. The van der Waals surface area contributed by atoms with E-state index in [4.69, 9.17) is 14.6 Å². The van der Waals surface area contributed by atoms with E-state index in [1.165, 1.54) is 12.8 Å². The lowest BCUT2D eigenvalue weighted by atomic mass is 9.77. The van der Waals surface area contributed by atoms with Crippen LogP contribution >= 0.6 is 0 Å². The Morgan fingerprint density at radius 1 is 0.704 bits per heavy atom. The van der Waals surface area contributed by atoms with Crippen molar-refractivity contribution in [3.8, 4) is 0 Å². The van der Waals surface area contributed by atoms with E-state index in [0.717, 1.165) is 38.5 Å². The standard InChI is InChI=1S/C21H40O6/c1-3-5-7-9-15-26-17-13-21(20(24)25,12-11-19(22)23)14-18-27-16-10-8-6-4-2/h3-18H2,1-2H3,(H,22,23)(H,24,25). The first-order chi connectivity index (χ1) is 13.0. The third-order valence-corrected chi connectivity index (χ3v) is 5.01. The average molecular weight is 389 g/mol. The molecule has 0 bridgehead atoms. The number of hydrogen-bond donors (Lipinski definition) is 2. The quantitative estimate of drug-likeness (QED) is 0.288. The monoisotopic (exact) mass is 388 g/mol. The first kappa shape index (κ1) is 25.9. The van der Waals surface area contributed by atoms with Crippen LogP contribution in [-0.2, 0) is 19.1 Å². The molecule has 0 amide bonds. The van der Waals surface area contributed by atoms with Crippen LogP contribution in [0.25, 0.3) is 0 Å². The van der Waals surface area contributed by atoms with Gasteiger partial charge in [0.05, 0.1) is 5.41 Å². The summed E-state index contributed by atoms with van der Waals surface area (Å²) in [6, 6.07) is 0. The molecule has 0 aromatic rings. The van der Waals surface area contributed by atoms with Crippen LogP contribution in [0, 0.1) is 5.41 Å². The molecule has 0 rings (SSSR count). The summed E-state index contributed by atoms with van der Waals surface area (Å²) in [6.07, 6.45) is 9.46. The second-order valence-electron chi connectivity index (χ2n) is 7.33. The molecule has 0 aliphatic carbocycles. The summed E-state index contributed by atoms with van der Waals surface area (Å²) >= 11 is 0. The molecule has 27 heavy (non-hydrogen) atoms. The molecule has 0 aromatic heterocycles. The zero-order valence-corrected chi connectivity index (χ0v) is 17.3. The van der Waals surface area contributed by atoms with E-state index in [0.29, 0.717) is 39.3 Å². The molecule has 0 atom stereocenters. The minimum absolute atomic E-state index is 0.107. The van der Waals surface area contributed by atoms with Crippen molar-refractivity contribution >= 4 is 11.9 Å². The first-order valence-corrected chi connectivity index (χ1v) is 10.6. The smallest absolute Gasteiger partial charge is 0.309 e. The van der Waals surface area contributed by atoms with Crippen LogP contribution in [0.1, 0.15) is 90.9 Å². The van der Waals surface area contributed by atoms with Gasteiger partial charge in [0.2, 0.25) is 0 Å². The highest BCUT2D eigenvalue weighted by atomic mass is 16.5. The molecule has 0 heterocycles. The molecule has 0 aromatic carbocycles. The van der Waals surface area contributed by atoms with Gasteiger partial charge in [-0.1, -0.05) is 52.4 Å². The Balaban J connectivity index is 4.41. The summed E-state index contributed by atoms with van der Waals surface area (Å²) in [6.45, 7) is 6.24. The van der Waals surface area contributed by atoms with Gasteiger partial charge in [-0.3, -0.25) is 9.59 Å². The van der Waals surface area contributed by atoms with Crippen LogP contribution in [0.3, 0.4) is 0 Å². The van der Waals surface area contributed by atoms with Crippen molar-refractivity contribution in [1.29, 1.82) is 0 Å². The normalized spacial score (nSPS) is 11.6. The zero-order valence-electron chi connectivity index (χ0n) is 17.3. The van der Waals surface area contributed by atoms with Crippen LogP contribution in [0.15, 0.2) is 0 Å². The summed E-state index contributed by atoms with van der Waals surface area (Å²) in [5.41, 5.74) is -1.09. The van der Waals surface area contributed by atoms with Crippen molar-refractivity contribution in [2.75, 3.05) is 26.4 Å². The summed E-state index contributed by atoms with van der Waals surface area (Å²) < 4.78 is 11.2. The molecular weight excluding hydrogens is 348 g/mol. The Morgan fingerprint density at radius 3 is 1.56 bits per heavy atom. The molecule has 0 spiro atoms. The van der Waals surface area contributed by atoms with Crippen molar-refractivity contribution in [3.05, 3.63) is 0 Å². The van der Waals surface area contributed by atoms with Crippen molar-refractivity contribution in [2.45, 2.75) is 90.9 Å². The maximum atomic E-state index is 11.9. The Hall–Kier alpha value is -1.14. The molecule has 0 radical (unpaired) electrons. The predicted molar refractivity (Wildman–Crippen MR) is 106 cm³/mol. The molecule has 6 nitrogen and oxygen atoms in total. The maximum Gasteiger partial charge on any atom is 0.309 e. The minimum atomic E-state index is -1.09. The lowest BCUT2D eigenvalue weighted by Gasteiger charge is -2.29. The number of ether oxygens (including phenoxy) is 2. The van der Waals surface area contributed by atoms with Crippen molar-refractivity contribution in [1.82, 2.24) is 0 Å². The lowest BCUT2D eigenvalue weighted by Crippen LogP contribution is -2.34. The van der Waals surface area contributed by atoms with Gasteiger partial charge in [-0.25, -0.2) is 0 Å². The Labute approximate surface area is 164 Å². The summed E-state index contributed by atoms with van der Waals surface area (Å²) in [4.78, 5) is 22.9. The van der Waals surface area contributed by atoms with Crippen LogP contribution in [0.4, 0.5) is 0 Å². The fourth-order valence-electron chi connectivity index (χ4n) is 3.04. The van der Waals surface area contributed by atoms with Gasteiger partial charge in [-0.05, 0) is 32.1 Å². The van der Waals surface area contributed by atoms with Crippen LogP contribution in [0.2, 0.25) is 0 Å². The largest absolute Gasteiger partial charge is 0.481 e. The SMILES string of the molecule is CCCCCCOCCC(CCOCCCCCC)(CCC(=O)O)C(=O)O. The number of carboxylic acid groups (broad SMARTS) is 2. The predicted octanol–water partition coefficient (Wildman–Crippen LogP) is 4.90. The molecule has 6 heteroatoms. The van der Waals surface area contributed by atoms with Crippen molar-refractivity contribution in [2.24, 2.45) is 5.41 Å². The number of carbonyl (C=O) groups is 2. The third-order valence-electron chi connectivity index (χ3n) is 5.01. The molecule has 0 fully saturated rings. The lowest BCUT2D eigenvalue weighted by molar-refractivity contribution is -0.153.